The molecular weight excluding hydrogens is 588 g/mol. The second-order valence-corrected chi connectivity index (χ2v) is 12.1. The van der Waals surface area contributed by atoms with Crippen LogP contribution in [0.3, 0.4) is 0 Å². The van der Waals surface area contributed by atoms with Crippen LogP contribution in [0.2, 0.25) is 0 Å². The normalized spacial score (nSPS) is 11.8. The van der Waals surface area contributed by atoms with Crippen molar-refractivity contribution in [1.29, 1.82) is 0 Å². The van der Waals surface area contributed by atoms with E-state index in [1.807, 2.05) is 54.6 Å². The molecule has 48 heavy (non-hydrogen) atoms. The van der Waals surface area contributed by atoms with Crippen molar-refractivity contribution in [2.75, 3.05) is 0 Å². The van der Waals surface area contributed by atoms with Gasteiger partial charge in [0.25, 0.3) is 0 Å². The lowest BCUT2D eigenvalue weighted by Gasteiger charge is -2.10. The molecule has 0 radical (unpaired) electrons. The van der Waals surface area contributed by atoms with Crippen LogP contribution < -0.4 is 0 Å². The fourth-order valence-electron chi connectivity index (χ4n) is 7.16. The Bertz CT molecular complexity index is 2760. The zero-order valence-electron chi connectivity index (χ0n) is 25.7. The third-order valence-corrected chi connectivity index (χ3v) is 9.29. The fraction of sp³-hybridized carbons (Fsp3) is 0. The maximum absolute atomic E-state index is 6.88. The van der Waals surface area contributed by atoms with Crippen molar-refractivity contribution >= 4 is 54.6 Å². The number of hydrogen-bond acceptors (Lipinski definition) is 4. The first-order valence-electron chi connectivity index (χ1n) is 16.1. The van der Waals surface area contributed by atoms with Crippen LogP contribution in [-0.4, -0.2) is 9.97 Å². The molecule has 3 heterocycles. The molecule has 4 nitrogen and oxygen atoms in total. The lowest BCUT2D eigenvalue weighted by Crippen LogP contribution is -1.96. The van der Waals surface area contributed by atoms with Crippen LogP contribution in [0.25, 0.3) is 99.7 Å². The van der Waals surface area contributed by atoms with Crippen LogP contribution in [0.4, 0.5) is 0 Å². The summed E-state index contributed by atoms with van der Waals surface area (Å²) in [5.74, 6) is 0.630. The highest BCUT2D eigenvalue weighted by atomic mass is 16.3. The average molecular weight is 615 g/mol. The van der Waals surface area contributed by atoms with E-state index in [-0.39, 0.29) is 0 Å². The highest BCUT2D eigenvalue weighted by Crippen LogP contribution is 2.48. The third-order valence-electron chi connectivity index (χ3n) is 9.29. The van der Waals surface area contributed by atoms with Crippen molar-refractivity contribution in [2.45, 2.75) is 0 Å². The number of hydrogen-bond donors (Lipinski definition) is 0. The zero-order chi connectivity index (χ0) is 31.6. The summed E-state index contributed by atoms with van der Waals surface area (Å²) in [7, 11) is 0. The van der Waals surface area contributed by atoms with Crippen LogP contribution in [-0.2, 0) is 0 Å². The van der Waals surface area contributed by atoms with E-state index in [1.165, 1.54) is 0 Å². The monoisotopic (exact) mass is 614 g/mol. The van der Waals surface area contributed by atoms with Gasteiger partial charge in [-0.25, -0.2) is 9.97 Å². The molecule has 0 fully saturated rings. The summed E-state index contributed by atoms with van der Waals surface area (Å²) in [5.41, 5.74) is 10.1. The molecule has 0 atom stereocenters. The van der Waals surface area contributed by atoms with Crippen LogP contribution in [0, 0.1) is 0 Å². The number of rotatable bonds is 4. The molecule has 224 valence electrons. The Kier molecular flexibility index (Phi) is 5.84. The number of fused-ring (bicyclic) bond motifs is 10. The summed E-state index contributed by atoms with van der Waals surface area (Å²) in [6.45, 7) is 0. The summed E-state index contributed by atoms with van der Waals surface area (Å²) in [6.07, 6.45) is 0. The number of benzene rings is 7. The second-order valence-electron chi connectivity index (χ2n) is 12.1. The second kappa shape index (κ2) is 10.5. The Hall–Kier alpha value is -6.52. The molecular formula is C44H26N2O2. The van der Waals surface area contributed by atoms with Gasteiger partial charge in [-0.05, 0) is 34.7 Å². The first kappa shape index (κ1) is 26.7. The smallest absolute Gasteiger partial charge is 0.161 e. The Morgan fingerprint density at radius 2 is 0.854 bits per heavy atom. The van der Waals surface area contributed by atoms with Crippen molar-refractivity contribution in [3.8, 4) is 45.0 Å². The SMILES string of the molecule is c1ccc(-c2cc(-c3ccccc3)nc(-c3cccc4oc5c6ccccc6c6c(oc7cccc(-c8ccccc8)c76)c5c34)n2)cc1. The zero-order valence-corrected chi connectivity index (χ0v) is 25.7. The van der Waals surface area contributed by atoms with Gasteiger partial charge in [0.2, 0.25) is 0 Å². The highest BCUT2D eigenvalue weighted by Gasteiger charge is 2.25. The molecule has 7 aromatic carbocycles. The molecule has 0 bridgehead atoms. The van der Waals surface area contributed by atoms with Crippen molar-refractivity contribution < 1.29 is 8.83 Å². The summed E-state index contributed by atoms with van der Waals surface area (Å²) in [5, 5.41) is 6.17. The van der Waals surface area contributed by atoms with Crippen molar-refractivity contribution in [3.05, 3.63) is 158 Å². The van der Waals surface area contributed by atoms with Crippen LogP contribution in [0.1, 0.15) is 0 Å². The lowest BCUT2D eigenvalue weighted by molar-refractivity contribution is 0.665. The summed E-state index contributed by atoms with van der Waals surface area (Å²) >= 11 is 0. The van der Waals surface area contributed by atoms with Crippen LogP contribution in [0.15, 0.2) is 167 Å². The third kappa shape index (κ3) is 4.03. The van der Waals surface area contributed by atoms with Gasteiger partial charge in [-0.2, -0.15) is 0 Å². The van der Waals surface area contributed by atoms with E-state index < -0.39 is 0 Å². The van der Waals surface area contributed by atoms with Gasteiger partial charge in [0, 0.05) is 38.2 Å². The van der Waals surface area contributed by atoms with E-state index in [9.17, 15) is 0 Å². The van der Waals surface area contributed by atoms with Crippen LogP contribution in [0.5, 0.6) is 0 Å². The Morgan fingerprint density at radius 1 is 0.354 bits per heavy atom. The standard InChI is InChI=1S/C44H26N2O2/c1-4-14-27(15-5-1)30-22-12-24-36-38(30)40-31-20-10-11-21-32(31)42-41(43(40)48-36)39-33(23-13-25-37(39)47-42)44-45-34(28-16-6-2-7-17-28)26-35(46-44)29-18-8-3-9-19-29/h1-26H. The average Bonchev–Trinajstić information content (AvgIpc) is 3.75. The predicted molar refractivity (Wildman–Crippen MR) is 196 cm³/mol. The Morgan fingerprint density at radius 3 is 1.48 bits per heavy atom. The van der Waals surface area contributed by atoms with Crippen molar-refractivity contribution in [1.82, 2.24) is 9.97 Å². The van der Waals surface area contributed by atoms with E-state index in [0.29, 0.717) is 5.82 Å². The highest BCUT2D eigenvalue weighted by molar-refractivity contribution is 6.36. The summed E-state index contributed by atoms with van der Waals surface area (Å²) in [6, 6.07) is 54.0. The van der Waals surface area contributed by atoms with Crippen molar-refractivity contribution in [3.63, 3.8) is 0 Å². The molecule has 10 aromatic rings. The van der Waals surface area contributed by atoms with Gasteiger partial charge in [-0.3, -0.25) is 0 Å². The maximum atomic E-state index is 6.88. The Labute approximate surface area is 275 Å². The molecule has 0 saturated carbocycles. The van der Waals surface area contributed by atoms with Crippen molar-refractivity contribution in [2.24, 2.45) is 0 Å². The molecule has 3 aromatic heterocycles. The molecule has 10 rings (SSSR count). The number of aromatic nitrogens is 2. The summed E-state index contributed by atoms with van der Waals surface area (Å²) in [4.78, 5) is 10.4. The van der Waals surface area contributed by atoms with Gasteiger partial charge in [-0.15, -0.1) is 0 Å². The molecule has 0 aliphatic rings. The molecule has 0 saturated heterocycles. The minimum Gasteiger partial charge on any atom is -0.455 e. The van der Waals surface area contributed by atoms with Gasteiger partial charge >= 0.3 is 0 Å². The largest absolute Gasteiger partial charge is 0.455 e. The van der Waals surface area contributed by atoms with Gasteiger partial charge < -0.3 is 8.83 Å². The van der Waals surface area contributed by atoms with E-state index in [1.54, 1.807) is 0 Å². The Balaban J connectivity index is 1.35. The first-order chi connectivity index (χ1) is 23.8. The van der Waals surface area contributed by atoms with E-state index >= 15 is 0 Å². The topological polar surface area (TPSA) is 52.1 Å². The fourth-order valence-corrected chi connectivity index (χ4v) is 7.16. The van der Waals surface area contributed by atoms with E-state index in [2.05, 4.69) is 103 Å². The molecule has 0 spiro atoms. The van der Waals surface area contributed by atoms with Gasteiger partial charge in [0.05, 0.1) is 16.8 Å². The van der Waals surface area contributed by atoms with Crippen LogP contribution >= 0.6 is 0 Å². The van der Waals surface area contributed by atoms with E-state index in [0.717, 1.165) is 93.9 Å². The molecule has 4 heteroatoms. The predicted octanol–water partition coefficient (Wildman–Crippen LogP) is 12.1. The minimum absolute atomic E-state index is 0.630. The number of nitrogens with zero attached hydrogens (tertiary/aromatic N) is 2. The maximum Gasteiger partial charge on any atom is 0.161 e. The molecule has 0 aliphatic carbocycles. The number of furan rings is 2. The first-order valence-corrected chi connectivity index (χ1v) is 16.1. The van der Waals surface area contributed by atoms with E-state index in [4.69, 9.17) is 18.8 Å². The van der Waals surface area contributed by atoms with Gasteiger partial charge in [0.15, 0.2) is 5.82 Å². The quantitative estimate of drug-likeness (QED) is 0.198. The molecule has 0 N–H and O–H groups in total. The molecule has 0 unspecified atom stereocenters. The molecule has 0 aliphatic heterocycles. The summed E-state index contributed by atoms with van der Waals surface area (Å²) < 4.78 is 13.6. The lowest BCUT2D eigenvalue weighted by atomic mass is 9.94. The van der Waals surface area contributed by atoms with Gasteiger partial charge in [0.1, 0.15) is 22.3 Å². The minimum atomic E-state index is 0.630. The molecule has 0 amide bonds. The van der Waals surface area contributed by atoms with Gasteiger partial charge in [-0.1, -0.05) is 140 Å².